The molecule has 0 aliphatic heterocycles. The number of hydrogen-bond acceptors (Lipinski definition) is 4. The van der Waals surface area contributed by atoms with E-state index in [0.29, 0.717) is 18.5 Å². The van der Waals surface area contributed by atoms with Crippen LogP contribution >= 0.6 is 12.6 Å². The van der Waals surface area contributed by atoms with Crippen molar-refractivity contribution >= 4 is 12.6 Å². The lowest BCUT2D eigenvalue weighted by molar-refractivity contribution is 0.0475. The molecule has 4 heteroatoms. The molecule has 0 radical (unpaired) electrons. The molecule has 0 aromatic rings. The quantitative estimate of drug-likeness (QED) is 0.410. The molecule has 0 aliphatic rings. The third-order valence-corrected chi connectivity index (χ3v) is 2.31. The van der Waals surface area contributed by atoms with E-state index in [1.807, 2.05) is 0 Å². The molecule has 0 rings (SSSR count). The standard InChI is InChI=1S/C12H27NO2S/c1-3-4-5-7-14-9-10-15-8-6-13-11-12(2)16/h12-13,16H,3-11H2,1-2H3. The molecule has 1 atom stereocenters. The van der Waals surface area contributed by atoms with Crippen LogP contribution in [0.1, 0.15) is 33.1 Å². The Morgan fingerprint density at radius 2 is 1.75 bits per heavy atom. The van der Waals surface area contributed by atoms with Crippen LogP contribution < -0.4 is 5.32 Å². The minimum absolute atomic E-state index is 0.405. The molecule has 0 aromatic heterocycles. The molecule has 0 saturated carbocycles. The van der Waals surface area contributed by atoms with Gasteiger partial charge in [-0.3, -0.25) is 0 Å². The van der Waals surface area contributed by atoms with Crippen LogP contribution in [0.15, 0.2) is 0 Å². The van der Waals surface area contributed by atoms with Crippen molar-refractivity contribution in [1.82, 2.24) is 5.32 Å². The lowest BCUT2D eigenvalue weighted by Gasteiger charge is -2.08. The van der Waals surface area contributed by atoms with Gasteiger partial charge < -0.3 is 14.8 Å². The molecule has 3 nitrogen and oxygen atoms in total. The Kier molecular flexibility index (Phi) is 13.5. The highest BCUT2D eigenvalue weighted by molar-refractivity contribution is 7.80. The fourth-order valence-electron chi connectivity index (χ4n) is 1.23. The minimum atomic E-state index is 0.405. The molecule has 0 aliphatic carbocycles. The van der Waals surface area contributed by atoms with E-state index in [2.05, 4.69) is 31.8 Å². The number of rotatable bonds is 12. The number of unbranched alkanes of at least 4 members (excludes halogenated alkanes) is 2. The highest BCUT2D eigenvalue weighted by Crippen LogP contribution is 1.93. The van der Waals surface area contributed by atoms with Gasteiger partial charge in [0.25, 0.3) is 0 Å². The van der Waals surface area contributed by atoms with Gasteiger partial charge in [0.05, 0.1) is 19.8 Å². The zero-order chi connectivity index (χ0) is 12.1. The summed E-state index contributed by atoms with van der Waals surface area (Å²) in [5.74, 6) is 0. The van der Waals surface area contributed by atoms with E-state index in [1.165, 1.54) is 12.8 Å². The fourth-order valence-corrected chi connectivity index (χ4v) is 1.36. The highest BCUT2D eigenvalue weighted by Gasteiger charge is 1.93. The van der Waals surface area contributed by atoms with Crippen molar-refractivity contribution in [1.29, 1.82) is 0 Å². The summed E-state index contributed by atoms with van der Waals surface area (Å²) < 4.78 is 10.8. The van der Waals surface area contributed by atoms with Crippen LogP contribution in [0, 0.1) is 0 Å². The van der Waals surface area contributed by atoms with E-state index in [1.54, 1.807) is 0 Å². The second-order valence-electron chi connectivity index (χ2n) is 3.98. The molecule has 98 valence electrons. The first kappa shape index (κ1) is 16.2. The van der Waals surface area contributed by atoms with Gasteiger partial charge in [0.1, 0.15) is 0 Å². The molecule has 0 fully saturated rings. The molecule has 0 amide bonds. The van der Waals surface area contributed by atoms with E-state index in [-0.39, 0.29) is 0 Å². The van der Waals surface area contributed by atoms with Crippen LogP contribution in [0.3, 0.4) is 0 Å². The van der Waals surface area contributed by atoms with Crippen LogP contribution in [-0.4, -0.2) is 44.8 Å². The van der Waals surface area contributed by atoms with Gasteiger partial charge in [0.15, 0.2) is 0 Å². The maximum atomic E-state index is 5.42. The Balaban J connectivity index is 2.88. The van der Waals surface area contributed by atoms with Crippen molar-refractivity contribution in [2.45, 2.75) is 38.4 Å². The molecule has 16 heavy (non-hydrogen) atoms. The number of hydrogen-bond donors (Lipinski definition) is 2. The van der Waals surface area contributed by atoms with Crippen LogP contribution in [0.4, 0.5) is 0 Å². The molecular formula is C12H27NO2S. The maximum absolute atomic E-state index is 5.42. The van der Waals surface area contributed by atoms with Gasteiger partial charge in [-0.05, 0) is 6.42 Å². The summed E-state index contributed by atoms with van der Waals surface area (Å²) in [5.41, 5.74) is 0. The van der Waals surface area contributed by atoms with Gasteiger partial charge in [-0.1, -0.05) is 26.7 Å². The van der Waals surface area contributed by atoms with Gasteiger partial charge >= 0.3 is 0 Å². The Morgan fingerprint density at radius 1 is 1.06 bits per heavy atom. The summed E-state index contributed by atoms with van der Waals surface area (Å²) in [5, 5.41) is 3.67. The van der Waals surface area contributed by atoms with Crippen molar-refractivity contribution in [3.05, 3.63) is 0 Å². The third-order valence-electron chi connectivity index (χ3n) is 2.13. The molecule has 0 aromatic carbocycles. The molecule has 0 heterocycles. The normalized spacial score (nSPS) is 12.9. The molecular weight excluding hydrogens is 222 g/mol. The maximum Gasteiger partial charge on any atom is 0.0701 e. The zero-order valence-electron chi connectivity index (χ0n) is 10.7. The van der Waals surface area contributed by atoms with Gasteiger partial charge in [0.2, 0.25) is 0 Å². The summed E-state index contributed by atoms with van der Waals surface area (Å²) in [6.45, 7) is 9.12. The molecule has 0 saturated heterocycles. The molecule has 1 unspecified atom stereocenters. The number of thiol groups is 1. The van der Waals surface area contributed by atoms with Gasteiger partial charge in [-0.15, -0.1) is 0 Å². The highest BCUT2D eigenvalue weighted by atomic mass is 32.1. The lowest BCUT2D eigenvalue weighted by Crippen LogP contribution is -2.25. The summed E-state index contributed by atoms with van der Waals surface area (Å²) in [6, 6.07) is 0. The Hall–Kier alpha value is 0.230. The zero-order valence-corrected chi connectivity index (χ0v) is 11.6. The first-order chi connectivity index (χ1) is 7.77. The summed E-state index contributed by atoms with van der Waals surface area (Å²) >= 11 is 4.27. The first-order valence-electron chi connectivity index (χ1n) is 6.31. The summed E-state index contributed by atoms with van der Waals surface area (Å²) in [7, 11) is 0. The topological polar surface area (TPSA) is 30.5 Å². The SMILES string of the molecule is CCCCCOCCOCCNCC(C)S. The molecule has 1 N–H and O–H groups in total. The minimum Gasteiger partial charge on any atom is -0.379 e. The van der Waals surface area contributed by atoms with Crippen molar-refractivity contribution < 1.29 is 9.47 Å². The van der Waals surface area contributed by atoms with E-state index in [4.69, 9.17) is 9.47 Å². The predicted octanol–water partition coefficient (Wildman–Crippen LogP) is 2.12. The monoisotopic (exact) mass is 249 g/mol. The largest absolute Gasteiger partial charge is 0.379 e. The number of ether oxygens (including phenoxy) is 2. The smallest absolute Gasteiger partial charge is 0.0701 e. The van der Waals surface area contributed by atoms with Crippen molar-refractivity contribution in [3.8, 4) is 0 Å². The van der Waals surface area contributed by atoms with Crippen LogP contribution in [-0.2, 0) is 9.47 Å². The van der Waals surface area contributed by atoms with Gasteiger partial charge in [0, 0.05) is 24.9 Å². The fraction of sp³-hybridized carbons (Fsp3) is 1.00. The van der Waals surface area contributed by atoms with E-state index >= 15 is 0 Å². The molecule has 0 bridgehead atoms. The predicted molar refractivity (Wildman–Crippen MR) is 72.5 cm³/mol. The van der Waals surface area contributed by atoms with Crippen LogP contribution in [0.25, 0.3) is 0 Å². The van der Waals surface area contributed by atoms with Gasteiger partial charge in [-0.25, -0.2) is 0 Å². The summed E-state index contributed by atoms with van der Waals surface area (Å²) in [4.78, 5) is 0. The first-order valence-corrected chi connectivity index (χ1v) is 6.83. The molecule has 0 spiro atoms. The van der Waals surface area contributed by atoms with Crippen molar-refractivity contribution in [2.24, 2.45) is 0 Å². The van der Waals surface area contributed by atoms with E-state index in [9.17, 15) is 0 Å². The second-order valence-corrected chi connectivity index (χ2v) is 4.87. The van der Waals surface area contributed by atoms with Crippen molar-refractivity contribution in [2.75, 3.05) is 39.5 Å². The van der Waals surface area contributed by atoms with Crippen molar-refractivity contribution in [3.63, 3.8) is 0 Å². The second kappa shape index (κ2) is 13.3. The van der Waals surface area contributed by atoms with Gasteiger partial charge in [-0.2, -0.15) is 12.6 Å². The van der Waals surface area contributed by atoms with E-state index in [0.717, 1.165) is 32.7 Å². The lowest BCUT2D eigenvalue weighted by atomic mass is 10.3. The average molecular weight is 249 g/mol. The Labute approximate surface area is 106 Å². The van der Waals surface area contributed by atoms with Crippen LogP contribution in [0.2, 0.25) is 0 Å². The summed E-state index contributed by atoms with van der Waals surface area (Å²) in [6.07, 6.45) is 3.67. The Morgan fingerprint density at radius 3 is 2.38 bits per heavy atom. The average Bonchev–Trinajstić information content (AvgIpc) is 2.25. The number of nitrogens with one attached hydrogen (secondary N) is 1. The van der Waals surface area contributed by atoms with Crippen LogP contribution in [0.5, 0.6) is 0 Å². The Bertz CT molecular complexity index is 134. The van der Waals surface area contributed by atoms with E-state index < -0.39 is 0 Å². The third kappa shape index (κ3) is 14.2.